The third kappa shape index (κ3) is 38.5. The molecule has 0 aliphatic heterocycles. The summed E-state index contributed by atoms with van der Waals surface area (Å²) >= 11 is 62.8. The van der Waals surface area contributed by atoms with Crippen LogP contribution in [0.2, 0.25) is 40.2 Å². The number of carbonyl (C=O) groups excluding carboxylic acids is 6. The standard InChI is InChI=1S/C27H30Cl2N2O3S.C23H22Cl2N2O3S.C20H20Cl2N2S.C13H13Cl2NOS.C7H11ClO3.C7H9N/c1-17(2)13-22-25(19-11-12-20(28)21(29)14-19)30-26(35-22)31(16-18-9-7-6-8-10-18)23(32)15-24(33)34-27(3,4)5;1-14(2)10-19-22(16-8-9-17(24)18(25)11-16)26-23(31-19)27(20(28)12-21(29)30)13-15-6-4-3-5-7-15;1-13(2)10-18-19(15-8-9-16(21)17(22)11-15)24-20(25-18)23-12-14-6-4-3-5-7-14;1-8(2)5-12(16-7-18)13(17)9-3-4-10(14)11(15)6-9;1-7(2,3)11-6(10)4-5(8)9;8-6-7-4-2-1-3-5-7/h6-12,14,17H,13,15-16H2,1-5H3;3-9,11,14H,10,12-13H2,1-2H3,(H,29,30);3-9,11,13H,10,12H2,1-2H3,(H,23,24);3-4,6,8,12H,5H2,1-2H3;4H2,1-3H3;1-5H,6,8H2. The average molecular weight is 1990 g/mol. The first-order valence-electron chi connectivity index (χ1n) is 40.9. The summed E-state index contributed by atoms with van der Waals surface area (Å²) in [5, 5.41) is 19.8. The zero-order chi connectivity index (χ0) is 94.7. The normalized spacial score (nSPS) is 11.2. The number of nitrogens with two attached hydrogens (primary N) is 1. The molecule has 0 bridgehead atoms. The highest BCUT2D eigenvalue weighted by atomic mass is 35.5. The Hall–Kier alpha value is -8.49. The van der Waals surface area contributed by atoms with E-state index in [9.17, 15) is 33.6 Å². The van der Waals surface area contributed by atoms with Gasteiger partial charge in [0.1, 0.15) is 36.5 Å². The van der Waals surface area contributed by atoms with Gasteiger partial charge >= 0.3 is 17.9 Å². The maximum Gasteiger partial charge on any atom is 0.315 e. The van der Waals surface area contributed by atoms with Gasteiger partial charge in [-0.25, -0.2) is 19.9 Å². The molecule has 0 aliphatic rings. The van der Waals surface area contributed by atoms with Gasteiger partial charge in [0.15, 0.2) is 21.2 Å². The van der Waals surface area contributed by atoms with E-state index in [0.717, 1.165) is 85.6 Å². The van der Waals surface area contributed by atoms with Crippen LogP contribution in [0.3, 0.4) is 0 Å². The Morgan fingerprint density at radius 1 is 0.461 bits per heavy atom. The van der Waals surface area contributed by atoms with E-state index >= 15 is 0 Å². The topological polar surface area (TPSA) is 254 Å². The fourth-order valence-corrected chi connectivity index (χ4v) is 17.0. The number of esters is 2. The molecule has 18 nitrogen and oxygen atoms in total. The van der Waals surface area contributed by atoms with Gasteiger partial charge in [0.2, 0.25) is 17.1 Å². The van der Waals surface area contributed by atoms with Crippen LogP contribution in [0, 0.1) is 23.7 Å². The monoisotopic (exact) mass is 1980 g/mol. The number of ether oxygens (including phenoxy) is 2. The summed E-state index contributed by atoms with van der Waals surface area (Å²) in [6.07, 6.45) is 1.83. The second-order valence-electron chi connectivity index (χ2n) is 32.8. The largest absolute Gasteiger partial charge is 0.481 e. The van der Waals surface area contributed by atoms with Crippen molar-refractivity contribution in [2.24, 2.45) is 34.4 Å². The van der Waals surface area contributed by atoms with Crippen molar-refractivity contribution in [2.45, 2.75) is 185 Å². The summed E-state index contributed by atoms with van der Waals surface area (Å²) in [5.74, 6) is -1.67. The molecule has 0 saturated carbocycles. The quantitative estimate of drug-likeness (QED) is 0.00944. The number of halogens is 9. The number of hydrogen-bond donors (Lipinski definition) is 3. The minimum absolute atomic E-state index is 0.111. The Kier molecular flexibility index (Phi) is 45.5. The average Bonchev–Trinajstić information content (AvgIpc) is 1.65. The third-order valence-corrected chi connectivity index (χ3v) is 23.8. The fraction of sp³-hybridized carbons (Fsp3) is 0.330. The molecule has 0 saturated heterocycles. The summed E-state index contributed by atoms with van der Waals surface area (Å²) in [4.78, 5) is 108. The second kappa shape index (κ2) is 53.7. The predicted octanol–water partition coefficient (Wildman–Crippen LogP) is 28.2. The molecule has 2 amide bonds. The number of carboxylic acid groups (broad SMARTS) is 1. The molecule has 4 N–H and O–H groups in total. The molecule has 1 atom stereocenters. The summed E-state index contributed by atoms with van der Waals surface area (Å²) in [5.41, 5.74) is 14.0. The molecule has 680 valence electrons. The van der Waals surface area contributed by atoms with Crippen LogP contribution in [0.5, 0.6) is 0 Å². The maximum absolute atomic E-state index is 13.4. The molecular formula is C97H105Cl9N8O10S4. The number of thiazole rings is 3. The van der Waals surface area contributed by atoms with Gasteiger partial charge in [0.05, 0.1) is 75.5 Å². The molecule has 11 rings (SSSR count). The lowest BCUT2D eigenvalue weighted by molar-refractivity contribution is -0.157. The van der Waals surface area contributed by atoms with Gasteiger partial charge in [0.25, 0.3) is 0 Å². The summed E-state index contributed by atoms with van der Waals surface area (Å²) in [7, 11) is 0. The Labute approximate surface area is 813 Å². The SMILES string of the molecule is CC(C)(C)OC(=O)CC(=O)Cl.CC(C)CC(N=C=S)C(=O)c1ccc(Cl)c(Cl)c1.CC(C)Cc1sc(N(Cc2ccccc2)C(=O)CC(=O)O)nc1-c1ccc(Cl)c(Cl)c1.CC(C)Cc1sc(N(Cc2ccccc2)C(=O)CC(=O)OC(C)(C)C)nc1-c1ccc(Cl)c(Cl)c1.CC(C)Cc1sc(NCc2ccccc2)nc1-c1ccc(Cl)c(Cl)c1.NCc1ccccc1. The van der Waals surface area contributed by atoms with Crippen LogP contribution in [-0.4, -0.2) is 83.2 Å². The lowest BCUT2D eigenvalue weighted by atomic mass is 9.96. The lowest BCUT2D eigenvalue weighted by Crippen LogP contribution is -2.34. The van der Waals surface area contributed by atoms with E-state index in [0.29, 0.717) is 92.6 Å². The van der Waals surface area contributed by atoms with Gasteiger partial charge in [-0.3, -0.25) is 43.4 Å². The first-order chi connectivity index (χ1) is 60.4. The van der Waals surface area contributed by atoms with Crippen molar-refractivity contribution >= 4 is 212 Å². The number of isothiocyanates is 1. The summed E-state index contributed by atoms with van der Waals surface area (Å²) < 4.78 is 10.2. The van der Waals surface area contributed by atoms with E-state index in [-0.39, 0.29) is 37.6 Å². The van der Waals surface area contributed by atoms with Crippen LogP contribution in [0.4, 0.5) is 15.4 Å². The number of ketones is 1. The number of nitrogens with one attached hydrogen (secondary N) is 1. The number of aromatic nitrogens is 3. The van der Waals surface area contributed by atoms with Crippen molar-refractivity contribution < 1.29 is 48.1 Å². The molecular weight excluding hydrogens is 1880 g/mol. The van der Waals surface area contributed by atoms with E-state index in [4.69, 9.17) is 140 Å². The molecule has 0 spiro atoms. The zero-order valence-corrected chi connectivity index (χ0v) is 83.6. The molecule has 128 heavy (non-hydrogen) atoms. The molecule has 0 fully saturated rings. The summed E-state index contributed by atoms with van der Waals surface area (Å²) in [6.45, 7) is 29.4. The van der Waals surface area contributed by atoms with Gasteiger partial charge in [-0.1, -0.05) is 288 Å². The van der Waals surface area contributed by atoms with Crippen LogP contribution in [0.15, 0.2) is 199 Å². The highest BCUT2D eigenvalue weighted by molar-refractivity contribution is 7.78. The number of thiocarbonyl (C=S) groups is 1. The van der Waals surface area contributed by atoms with Gasteiger partial charge in [-0.05, 0) is 192 Å². The number of aliphatic imine (C=N–C) groups is 1. The molecule has 1 unspecified atom stereocenters. The van der Waals surface area contributed by atoms with Crippen molar-refractivity contribution in [1.82, 2.24) is 15.0 Å². The molecule has 0 radical (unpaired) electrons. The molecule has 3 aromatic heterocycles. The number of rotatable bonds is 30. The van der Waals surface area contributed by atoms with Crippen molar-refractivity contribution in [3.05, 3.63) is 277 Å². The second-order valence-corrected chi connectivity index (χ2v) is 39.8. The van der Waals surface area contributed by atoms with Crippen molar-refractivity contribution in [3.8, 4) is 33.8 Å². The molecule has 0 aliphatic carbocycles. The van der Waals surface area contributed by atoms with Gasteiger partial charge in [-0.2, -0.15) is 0 Å². The molecule has 11 aromatic rings. The van der Waals surface area contributed by atoms with E-state index in [1.165, 1.54) is 43.6 Å². The first kappa shape index (κ1) is 108. The van der Waals surface area contributed by atoms with E-state index < -0.39 is 52.7 Å². The minimum atomic E-state index is -1.17. The Balaban J connectivity index is 0.000000250. The van der Waals surface area contributed by atoms with Crippen LogP contribution in [-0.2, 0) is 83.7 Å². The van der Waals surface area contributed by atoms with E-state index in [2.05, 4.69) is 81.4 Å². The smallest absolute Gasteiger partial charge is 0.315 e. The summed E-state index contributed by atoms with van der Waals surface area (Å²) in [6, 6.07) is 60.1. The third-order valence-electron chi connectivity index (χ3n) is 17.4. The number of amides is 2. The van der Waals surface area contributed by atoms with Gasteiger partial charge in [0, 0.05) is 50.0 Å². The van der Waals surface area contributed by atoms with Crippen molar-refractivity contribution in [2.75, 3.05) is 15.1 Å². The Bertz CT molecular complexity index is 5530. The van der Waals surface area contributed by atoms with E-state index in [1.54, 1.807) is 100 Å². The van der Waals surface area contributed by atoms with Gasteiger partial charge in [-0.15, -0.1) is 34.0 Å². The van der Waals surface area contributed by atoms with Crippen LogP contribution < -0.4 is 20.9 Å². The van der Waals surface area contributed by atoms with Crippen molar-refractivity contribution in [1.29, 1.82) is 0 Å². The zero-order valence-electron chi connectivity index (χ0n) is 73.6. The lowest BCUT2D eigenvalue weighted by Gasteiger charge is -2.22. The minimum Gasteiger partial charge on any atom is -0.481 e. The number of nitrogens with zero attached hydrogens (tertiary/aromatic N) is 6. The van der Waals surface area contributed by atoms with Crippen LogP contribution in [0.1, 0.15) is 170 Å². The maximum atomic E-state index is 13.4. The molecule has 31 heteroatoms. The first-order valence-corrected chi connectivity index (χ1v) is 47.1. The van der Waals surface area contributed by atoms with Crippen LogP contribution >= 0.6 is 151 Å². The number of carboxylic acids is 1. The van der Waals surface area contributed by atoms with Crippen molar-refractivity contribution in [3.63, 3.8) is 0 Å². The molecule has 3 heterocycles. The number of hydrogen-bond acceptors (Lipinski definition) is 19. The van der Waals surface area contributed by atoms with E-state index in [1.807, 2.05) is 153 Å². The highest BCUT2D eigenvalue weighted by Crippen LogP contribution is 2.42. The van der Waals surface area contributed by atoms with Crippen LogP contribution in [0.25, 0.3) is 33.8 Å². The number of carbonyl (C=O) groups is 7. The number of aliphatic carboxylic acids is 1. The number of Topliss-reactive ketones (excluding diaryl/α,β-unsaturated/α-hetero) is 1. The predicted molar refractivity (Wildman–Crippen MR) is 535 cm³/mol. The fourth-order valence-electron chi connectivity index (χ4n) is 11.8. The molecule has 8 aromatic carbocycles. The highest BCUT2D eigenvalue weighted by Gasteiger charge is 2.30. The Morgan fingerprint density at radius 3 is 1.15 bits per heavy atom. The Morgan fingerprint density at radius 2 is 0.812 bits per heavy atom. The number of anilines is 3. The number of benzene rings is 8. The van der Waals surface area contributed by atoms with Gasteiger partial charge < -0.3 is 25.6 Å².